The van der Waals surface area contributed by atoms with Gasteiger partial charge in [-0.3, -0.25) is 4.40 Å². The molecule has 0 amide bonds. The van der Waals surface area contributed by atoms with E-state index in [1.165, 1.54) is 0 Å². The molecule has 1 aromatic carbocycles. The summed E-state index contributed by atoms with van der Waals surface area (Å²) in [5.74, 6) is 1.83. The molecular weight excluding hydrogens is 262 g/mol. The minimum absolute atomic E-state index is 0.0114. The average Bonchev–Trinajstić information content (AvgIpc) is 2.89. The molecule has 0 spiro atoms. The fraction of sp³-hybridized carbons (Fsp3) is 0.312. The number of rotatable bonds is 4. The second-order valence-corrected chi connectivity index (χ2v) is 5.31. The van der Waals surface area contributed by atoms with Crippen LogP contribution in [0.3, 0.4) is 0 Å². The highest BCUT2D eigenvalue weighted by molar-refractivity contribution is 5.39. The van der Waals surface area contributed by atoms with E-state index in [1.54, 1.807) is 0 Å². The molecule has 0 aliphatic rings. The zero-order valence-electron chi connectivity index (χ0n) is 12.3. The maximum atomic E-state index is 6.24. The van der Waals surface area contributed by atoms with Gasteiger partial charge in [-0.25, -0.2) is 4.98 Å². The minimum atomic E-state index is 0.0114. The van der Waals surface area contributed by atoms with Gasteiger partial charge in [0, 0.05) is 24.2 Å². The van der Waals surface area contributed by atoms with Crippen molar-refractivity contribution >= 4 is 5.65 Å². The molecule has 0 saturated heterocycles. The van der Waals surface area contributed by atoms with Crippen molar-refractivity contribution < 1.29 is 0 Å². The minimum Gasteiger partial charge on any atom is -0.324 e. The van der Waals surface area contributed by atoms with Crippen LogP contribution in [-0.2, 0) is 6.42 Å². The Kier molecular flexibility index (Phi) is 3.66. The molecule has 2 aromatic heterocycles. The number of aromatic nitrogens is 4. The van der Waals surface area contributed by atoms with Crippen molar-refractivity contribution in [2.75, 3.05) is 0 Å². The van der Waals surface area contributed by atoms with Gasteiger partial charge >= 0.3 is 0 Å². The zero-order chi connectivity index (χ0) is 14.8. The molecule has 21 heavy (non-hydrogen) atoms. The van der Waals surface area contributed by atoms with Crippen molar-refractivity contribution in [3.63, 3.8) is 0 Å². The van der Waals surface area contributed by atoms with Crippen LogP contribution in [0.25, 0.3) is 5.65 Å². The summed E-state index contributed by atoms with van der Waals surface area (Å²) in [6.45, 7) is 3.94. The Morgan fingerprint density at radius 3 is 2.67 bits per heavy atom. The highest BCUT2D eigenvalue weighted by atomic mass is 15.3. The Bertz CT molecular complexity index is 748. The molecule has 1 atom stereocenters. The lowest BCUT2D eigenvalue weighted by molar-refractivity contribution is 0.628. The van der Waals surface area contributed by atoms with E-state index in [-0.39, 0.29) is 6.04 Å². The fourth-order valence-corrected chi connectivity index (χ4v) is 2.61. The first-order valence-corrected chi connectivity index (χ1v) is 7.14. The van der Waals surface area contributed by atoms with E-state index < -0.39 is 0 Å². The van der Waals surface area contributed by atoms with Crippen molar-refractivity contribution in [3.8, 4) is 0 Å². The summed E-state index contributed by atoms with van der Waals surface area (Å²) in [6.07, 6.45) is 1.61. The highest BCUT2D eigenvalue weighted by Crippen LogP contribution is 2.17. The summed E-state index contributed by atoms with van der Waals surface area (Å²) >= 11 is 0. The third-order valence-corrected chi connectivity index (χ3v) is 3.66. The van der Waals surface area contributed by atoms with E-state index >= 15 is 0 Å². The molecule has 0 radical (unpaired) electrons. The maximum absolute atomic E-state index is 6.24. The van der Waals surface area contributed by atoms with Crippen molar-refractivity contribution in [1.29, 1.82) is 0 Å². The van der Waals surface area contributed by atoms with Crippen molar-refractivity contribution in [2.45, 2.75) is 32.7 Å². The van der Waals surface area contributed by atoms with Crippen molar-refractivity contribution in [2.24, 2.45) is 5.73 Å². The van der Waals surface area contributed by atoms with E-state index in [2.05, 4.69) is 27.3 Å². The molecule has 2 N–H and O–H groups in total. The molecule has 2 heterocycles. The molecular formula is C16H19N5. The van der Waals surface area contributed by atoms with Gasteiger partial charge in [-0.05, 0) is 25.8 Å². The first kappa shape index (κ1) is 13.7. The van der Waals surface area contributed by atoms with E-state index in [9.17, 15) is 0 Å². The molecule has 0 fully saturated rings. The summed E-state index contributed by atoms with van der Waals surface area (Å²) < 4.78 is 2.00. The predicted molar refractivity (Wildman–Crippen MR) is 81.9 cm³/mol. The van der Waals surface area contributed by atoms with Gasteiger partial charge < -0.3 is 5.73 Å². The molecule has 0 saturated carbocycles. The first-order valence-electron chi connectivity index (χ1n) is 7.14. The number of hydrogen-bond acceptors (Lipinski definition) is 4. The molecule has 0 aliphatic heterocycles. The van der Waals surface area contributed by atoms with Gasteiger partial charge in [-0.2, -0.15) is 0 Å². The first-order chi connectivity index (χ1) is 10.1. The van der Waals surface area contributed by atoms with Gasteiger partial charge in [0.15, 0.2) is 5.65 Å². The van der Waals surface area contributed by atoms with E-state index in [1.807, 2.05) is 42.5 Å². The smallest absolute Gasteiger partial charge is 0.164 e. The number of hydrogen-bond donors (Lipinski definition) is 1. The third-order valence-electron chi connectivity index (χ3n) is 3.66. The standard InChI is InChI=1S/C16H19N5/c1-11-10-16-20-19-15(21(16)12(2)18-11)9-8-14(17)13-6-4-3-5-7-13/h3-7,10,14H,8-9,17H2,1-2H3. The molecule has 108 valence electrons. The van der Waals surface area contributed by atoms with Gasteiger partial charge in [0.05, 0.1) is 0 Å². The third kappa shape index (κ3) is 2.78. The van der Waals surface area contributed by atoms with Crippen LogP contribution >= 0.6 is 0 Å². The molecule has 3 rings (SSSR count). The Labute approximate surface area is 123 Å². The van der Waals surface area contributed by atoms with Crippen LogP contribution in [0.5, 0.6) is 0 Å². The molecule has 0 aliphatic carbocycles. The number of benzene rings is 1. The average molecular weight is 281 g/mol. The fourth-order valence-electron chi connectivity index (χ4n) is 2.61. The van der Waals surface area contributed by atoms with E-state index in [0.29, 0.717) is 0 Å². The summed E-state index contributed by atoms with van der Waals surface area (Å²) in [7, 11) is 0. The maximum Gasteiger partial charge on any atom is 0.164 e. The number of aryl methyl sites for hydroxylation is 3. The van der Waals surface area contributed by atoms with Crippen molar-refractivity contribution in [3.05, 3.63) is 59.3 Å². The number of fused-ring (bicyclic) bond motifs is 1. The number of nitrogens with two attached hydrogens (primary N) is 1. The second kappa shape index (κ2) is 5.61. The highest BCUT2D eigenvalue weighted by Gasteiger charge is 2.12. The van der Waals surface area contributed by atoms with Gasteiger partial charge in [-0.1, -0.05) is 30.3 Å². The largest absolute Gasteiger partial charge is 0.324 e. The molecule has 3 aromatic rings. The topological polar surface area (TPSA) is 69.1 Å². The van der Waals surface area contributed by atoms with Gasteiger partial charge in [0.1, 0.15) is 11.6 Å². The van der Waals surface area contributed by atoms with Crippen LogP contribution in [0.2, 0.25) is 0 Å². The lowest BCUT2D eigenvalue weighted by Crippen LogP contribution is -2.12. The Morgan fingerprint density at radius 1 is 1.14 bits per heavy atom. The molecule has 1 unspecified atom stereocenters. The van der Waals surface area contributed by atoms with Crippen LogP contribution in [0.1, 0.15) is 35.4 Å². The van der Waals surface area contributed by atoms with E-state index in [0.717, 1.165) is 41.4 Å². The summed E-state index contributed by atoms with van der Waals surface area (Å²) in [4.78, 5) is 4.47. The quantitative estimate of drug-likeness (QED) is 0.797. The molecule has 5 heteroatoms. The van der Waals surface area contributed by atoms with Crippen LogP contribution < -0.4 is 5.73 Å². The summed E-state index contributed by atoms with van der Waals surface area (Å²) in [6, 6.07) is 12.1. The lowest BCUT2D eigenvalue weighted by atomic mass is 10.0. The molecule has 5 nitrogen and oxygen atoms in total. The Morgan fingerprint density at radius 2 is 1.90 bits per heavy atom. The van der Waals surface area contributed by atoms with Crippen LogP contribution in [-0.4, -0.2) is 19.6 Å². The Balaban J connectivity index is 1.80. The van der Waals surface area contributed by atoms with Crippen LogP contribution in [0, 0.1) is 13.8 Å². The monoisotopic (exact) mass is 281 g/mol. The van der Waals surface area contributed by atoms with Crippen LogP contribution in [0.15, 0.2) is 36.4 Å². The van der Waals surface area contributed by atoms with Gasteiger partial charge in [-0.15, -0.1) is 10.2 Å². The SMILES string of the molecule is Cc1cc2nnc(CCC(N)c3ccccc3)n2c(C)n1. The van der Waals surface area contributed by atoms with Gasteiger partial charge in [0.2, 0.25) is 0 Å². The Hall–Kier alpha value is -2.27. The lowest BCUT2D eigenvalue weighted by Gasteiger charge is -2.11. The normalized spacial score (nSPS) is 12.7. The predicted octanol–water partition coefficient (Wildman–Crippen LogP) is 2.37. The molecule has 0 bridgehead atoms. The van der Waals surface area contributed by atoms with E-state index in [4.69, 9.17) is 5.73 Å². The second-order valence-electron chi connectivity index (χ2n) is 5.31. The van der Waals surface area contributed by atoms with Gasteiger partial charge in [0.25, 0.3) is 0 Å². The van der Waals surface area contributed by atoms with Crippen molar-refractivity contribution in [1.82, 2.24) is 19.6 Å². The summed E-state index contributed by atoms with van der Waals surface area (Å²) in [5, 5.41) is 8.50. The summed E-state index contributed by atoms with van der Waals surface area (Å²) in [5.41, 5.74) is 9.20. The zero-order valence-corrected chi connectivity index (χ0v) is 12.3. The number of nitrogens with zero attached hydrogens (tertiary/aromatic N) is 4. The van der Waals surface area contributed by atoms with Crippen LogP contribution in [0.4, 0.5) is 0 Å².